The molecule has 0 amide bonds. The highest BCUT2D eigenvalue weighted by atomic mass is 16.5. The van der Waals surface area contributed by atoms with E-state index in [-0.39, 0.29) is 5.54 Å². The third-order valence-electron chi connectivity index (χ3n) is 7.34. The van der Waals surface area contributed by atoms with Crippen molar-refractivity contribution < 1.29 is 14.6 Å². The molecule has 0 aliphatic carbocycles. The van der Waals surface area contributed by atoms with Gasteiger partial charge in [-0.3, -0.25) is 4.90 Å². The van der Waals surface area contributed by atoms with Gasteiger partial charge in [-0.1, -0.05) is 12.1 Å². The molecule has 30 heavy (non-hydrogen) atoms. The maximum atomic E-state index is 11.3. The van der Waals surface area contributed by atoms with Crippen molar-refractivity contribution in [3.05, 3.63) is 64.8 Å². The summed E-state index contributed by atoms with van der Waals surface area (Å²) in [6.07, 6.45) is 7.86. The van der Waals surface area contributed by atoms with E-state index >= 15 is 0 Å². The van der Waals surface area contributed by atoms with Gasteiger partial charge in [0.05, 0.1) is 12.7 Å². The van der Waals surface area contributed by atoms with Crippen LogP contribution in [0.5, 0.6) is 5.75 Å². The van der Waals surface area contributed by atoms with Crippen LogP contribution in [-0.4, -0.2) is 34.1 Å². The molecule has 3 aromatic rings. The lowest BCUT2D eigenvalue weighted by Gasteiger charge is -2.46. The molecule has 2 N–H and O–H groups in total. The molecule has 2 saturated heterocycles. The van der Waals surface area contributed by atoms with Gasteiger partial charge in [0.2, 0.25) is 0 Å². The number of aromatic nitrogens is 1. The van der Waals surface area contributed by atoms with E-state index < -0.39 is 5.97 Å². The number of carboxylic acid groups (broad SMARTS) is 1. The normalized spacial score (nSPS) is 23.7. The number of fused-ring (bicyclic) bond motifs is 3. The maximum Gasteiger partial charge on any atom is 0.335 e. The van der Waals surface area contributed by atoms with E-state index in [4.69, 9.17) is 4.74 Å². The first-order chi connectivity index (χ1) is 14.5. The molecule has 1 unspecified atom stereocenters. The molecule has 0 radical (unpaired) electrons. The summed E-state index contributed by atoms with van der Waals surface area (Å²) in [5.41, 5.74) is 5.16. The van der Waals surface area contributed by atoms with Crippen molar-refractivity contribution >= 4 is 16.9 Å². The number of methoxy groups -OCH3 is 1. The van der Waals surface area contributed by atoms with Gasteiger partial charge in [0.15, 0.2) is 0 Å². The summed E-state index contributed by atoms with van der Waals surface area (Å²) in [5.74, 6) is 0.0732. The molecule has 0 saturated carbocycles. The molecule has 0 spiro atoms. The SMILES string of the molecule is COc1cc(C)c2[nH]ccc2c1CN1C2CCC[C@@]1(c1ccc(C(=O)O)cc1)CC2. The minimum atomic E-state index is -0.872. The van der Waals surface area contributed by atoms with Crippen LogP contribution >= 0.6 is 0 Å². The molecule has 1 aromatic heterocycles. The van der Waals surface area contributed by atoms with E-state index in [1.54, 1.807) is 19.2 Å². The summed E-state index contributed by atoms with van der Waals surface area (Å²) in [7, 11) is 1.75. The Labute approximate surface area is 176 Å². The van der Waals surface area contributed by atoms with Crippen molar-refractivity contribution in [1.82, 2.24) is 9.88 Å². The van der Waals surface area contributed by atoms with Crippen LogP contribution in [0.2, 0.25) is 0 Å². The Kier molecular flexibility index (Phi) is 4.58. The van der Waals surface area contributed by atoms with Gasteiger partial charge in [0, 0.05) is 40.8 Å². The third-order valence-corrected chi connectivity index (χ3v) is 7.34. The number of hydrogen-bond acceptors (Lipinski definition) is 3. The Morgan fingerprint density at radius 3 is 2.77 bits per heavy atom. The molecule has 5 heteroatoms. The van der Waals surface area contributed by atoms with E-state index in [1.165, 1.54) is 46.9 Å². The molecule has 2 fully saturated rings. The zero-order valence-electron chi connectivity index (χ0n) is 17.6. The van der Waals surface area contributed by atoms with Gasteiger partial charge < -0.3 is 14.8 Å². The van der Waals surface area contributed by atoms with Crippen LogP contribution in [0.25, 0.3) is 10.9 Å². The number of H-pyrrole nitrogens is 1. The number of aromatic amines is 1. The van der Waals surface area contributed by atoms with Crippen LogP contribution in [0.15, 0.2) is 42.6 Å². The summed E-state index contributed by atoms with van der Waals surface area (Å²) in [6, 6.07) is 12.4. The average Bonchev–Trinajstić information content (AvgIpc) is 3.31. The molecule has 5 nitrogen and oxygen atoms in total. The summed E-state index contributed by atoms with van der Waals surface area (Å²) in [6.45, 7) is 2.95. The Balaban J connectivity index is 1.58. The smallest absolute Gasteiger partial charge is 0.335 e. The number of rotatable bonds is 5. The number of carboxylic acids is 1. The average molecular weight is 405 g/mol. The van der Waals surface area contributed by atoms with Crippen molar-refractivity contribution in [3.63, 3.8) is 0 Å². The predicted molar refractivity (Wildman–Crippen MR) is 117 cm³/mol. The van der Waals surface area contributed by atoms with Gasteiger partial charge in [-0.15, -0.1) is 0 Å². The zero-order chi connectivity index (χ0) is 20.9. The summed E-state index contributed by atoms with van der Waals surface area (Å²) >= 11 is 0. The van der Waals surface area contributed by atoms with Gasteiger partial charge in [-0.05, 0) is 74.4 Å². The lowest BCUT2D eigenvalue weighted by atomic mass is 9.81. The van der Waals surface area contributed by atoms with Gasteiger partial charge in [0.1, 0.15) is 5.75 Å². The molecule has 2 aromatic carbocycles. The van der Waals surface area contributed by atoms with Crippen LogP contribution in [0.4, 0.5) is 0 Å². The quantitative estimate of drug-likeness (QED) is 0.611. The number of benzene rings is 2. The van der Waals surface area contributed by atoms with Crippen LogP contribution in [0, 0.1) is 6.92 Å². The number of ether oxygens (including phenoxy) is 1. The summed E-state index contributed by atoms with van der Waals surface area (Å²) in [5, 5.41) is 10.5. The van der Waals surface area contributed by atoms with E-state index in [0.717, 1.165) is 25.1 Å². The lowest BCUT2D eigenvalue weighted by Crippen LogP contribution is -2.47. The molecule has 3 heterocycles. The Morgan fingerprint density at radius 2 is 2.03 bits per heavy atom. The Hall–Kier alpha value is -2.79. The Morgan fingerprint density at radius 1 is 1.23 bits per heavy atom. The molecule has 2 aliphatic rings. The monoisotopic (exact) mass is 404 g/mol. The fourth-order valence-electron chi connectivity index (χ4n) is 5.86. The highest BCUT2D eigenvalue weighted by molar-refractivity contribution is 5.88. The van der Waals surface area contributed by atoms with Gasteiger partial charge in [-0.2, -0.15) is 0 Å². The molecule has 5 rings (SSSR count). The number of hydrogen-bond donors (Lipinski definition) is 2. The van der Waals surface area contributed by atoms with E-state index in [0.29, 0.717) is 11.6 Å². The molecule has 2 atom stereocenters. The summed E-state index contributed by atoms with van der Waals surface area (Å²) in [4.78, 5) is 17.4. The molecular weight excluding hydrogens is 376 g/mol. The second-order valence-corrected chi connectivity index (χ2v) is 8.77. The van der Waals surface area contributed by atoms with E-state index in [9.17, 15) is 9.90 Å². The Bertz CT molecular complexity index is 1100. The van der Waals surface area contributed by atoms with Crippen molar-refractivity contribution in [1.29, 1.82) is 0 Å². The second-order valence-electron chi connectivity index (χ2n) is 8.77. The third kappa shape index (κ3) is 2.83. The molecule has 2 bridgehead atoms. The highest BCUT2D eigenvalue weighted by Crippen LogP contribution is 2.52. The van der Waals surface area contributed by atoms with E-state index in [2.05, 4.69) is 28.9 Å². The topological polar surface area (TPSA) is 65.6 Å². The van der Waals surface area contributed by atoms with Gasteiger partial charge in [-0.25, -0.2) is 4.79 Å². The molecule has 2 aliphatic heterocycles. The fraction of sp³-hybridized carbons (Fsp3) is 0.400. The lowest BCUT2D eigenvalue weighted by molar-refractivity contribution is 0.0423. The largest absolute Gasteiger partial charge is 0.496 e. The minimum absolute atomic E-state index is 0.0293. The van der Waals surface area contributed by atoms with E-state index in [1.807, 2.05) is 18.3 Å². The zero-order valence-corrected chi connectivity index (χ0v) is 17.6. The predicted octanol–water partition coefficient (Wildman–Crippen LogP) is 5.23. The maximum absolute atomic E-state index is 11.3. The first-order valence-corrected chi connectivity index (χ1v) is 10.8. The number of piperidine rings is 1. The van der Waals surface area contributed by atoms with Crippen LogP contribution < -0.4 is 4.74 Å². The van der Waals surface area contributed by atoms with Crippen LogP contribution in [-0.2, 0) is 12.1 Å². The first-order valence-electron chi connectivity index (χ1n) is 10.8. The van der Waals surface area contributed by atoms with Crippen molar-refractivity contribution in [2.75, 3.05) is 7.11 Å². The number of nitrogens with one attached hydrogen (secondary N) is 1. The molecule has 156 valence electrons. The number of aryl methyl sites for hydroxylation is 1. The van der Waals surface area contributed by atoms with Gasteiger partial charge in [0.25, 0.3) is 0 Å². The van der Waals surface area contributed by atoms with Crippen LogP contribution in [0.1, 0.15) is 59.2 Å². The highest BCUT2D eigenvalue weighted by Gasteiger charge is 2.49. The van der Waals surface area contributed by atoms with Crippen molar-refractivity contribution in [2.24, 2.45) is 0 Å². The summed E-state index contributed by atoms with van der Waals surface area (Å²) < 4.78 is 5.81. The van der Waals surface area contributed by atoms with Crippen molar-refractivity contribution in [2.45, 2.75) is 57.2 Å². The second kappa shape index (κ2) is 7.17. The van der Waals surface area contributed by atoms with Crippen molar-refractivity contribution in [3.8, 4) is 5.75 Å². The minimum Gasteiger partial charge on any atom is -0.496 e. The number of carbonyl (C=O) groups is 1. The van der Waals surface area contributed by atoms with Gasteiger partial charge >= 0.3 is 5.97 Å². The standard InChI is InChI=1S/C25H28N2O3/c1-16-14-22(30-2)21(20-10-13-26-23(16)20)15-27-19-4-3-11-25(27,12-9-19)18-7-5-17(6-8-18)24(28)29/h5-8,10,13-14,19,26H,3-4,9,11-12,15H2,1-2H3,(H,28,29)/t19?,25-/m0/s1. The first kappa shape index (κ1) is 19.2. The fourth-order valence-corrected chi connectivity index (χ4v) is 5.86. The number of aromatic carboxylic acids is 1. The molecular formula is C25H28N2O3. The van der Waals surface area contributed by atoms with Crippen LogP contribution in [0.3, 0.4) is 0 Å². The number of nitrogens with zero attached hydrogens (tertiary/aromatic N) is 1.